The van der Waals surface area contributed by atoms with Gasteiger partial charge in [0.1, 0.15) is 11.6 Å². The first kappa shape index (κ1) is 20.2. The molecule has 8 heteroatoms. The average molecular weight is 428 g/mol. The van der Waals surface area contributed by atoms with Crippen LogP contribution in [0.15, 0.2) is 71.6 Å². The van der Waals surface area contributed by atoms with Crippen molar-refractivity contribution < 1.29 is 22.0 Å². The maximum Gasteiger partial charge on any atom is 0.255 e. The molecule has 0 bridgehead atoms. The Morgan fingerprint density at radius 1 is 0.933 bits per heavy atom. The van der Waals surface area contributed by atoms with Gasteiger partial charge < -0.3 is 5.32 Å². The Balaban J connectivity index is 1.51. The largest absolute Gasteiger partial charge is 0.319 e. The summed E-state index contributed by atoms with van der Waals surface area (Å²) < 4.78 is 54.1. The summed E-state index contributed by atoms with van der Waals surface area (Å²) in [5, 5.41) is 2.35. The lowest BCUT2D eigenvalue weighted by molar-refractivity contribution is 0.102. The number of amides is 1. The van der Waals surface area contributed by atoms with E-state index >= 15 is 0 Å². The van der Waals surface area contributed by atoms with Gasteiger partial charge >= 0.3 is 0 Å². The van der Waals surface area contributed by atoms with Crippen molar-refractivity contribution in [3.8, 4) is 0 Å². The quantitative estimate of drug-likeness (QED) is 0.684. The number of nitrogens with zero attached hydrogens (tertiary/aromatic N) is 1. The molecule has 0 spiro atoms. The summed E-state index contributed by atoms with van der Waals surface area (Å²) >= 11 is 0. The molecule has 0 fully saturated rings. The van der Waals surface area contributed by atoms with Crippen LogP contribution in [0.5, 0.6) is 0 Å². The number of benzene rings is 3. The molecule has 0 atom stereocenters. The highest BCUT2D eigenvalue weighted by molar-refractivity contribution is 7.89. The molecule has 3 aromatic carbocycles. The number of fused-ring (bicyclic) bond motifs is 1. The fourth-order valence-electron chi connectivity index (χ4n) is 3.39. The van der Waals surface area contributed by atoms with Crippen molar-refractivity contribution in [2.24, 2.45) is 0 Å². The Morgan fingerprint density at radius 2 is 1.63 bits per heavy atom. The van der Waals surface area contributed by atoms with Gasteiger partial charge in [-0.3, -0.25) is 4.79 Å². The molecule has 0 aromatic heterocycles. The van der Waals surface area contributed by atoms with Crippen LogP contribution in [0.2, 0.25) is 0 Å². The number of hydrogen-bond acceptors (Lipinski definition) is 3. The van der Waals surface area contributed by atoms with E-state index in [4.69, 9.17) is 0 Å². The van der Waals surface area contributed by atoms with Crippen LogP contribution >= 0.6 is 0 Å². The molecule has 1 aliphatic rings. The third-order valence-corrected chi connectivity index (χ3v) is 6.89. The van der Waals surface area contributed by atoms with Gasteiger partial charge in [0.25, 0.3) is 5.91 Å². The van der Waals surface area contributed by atoms with Crippen LogP contribution in [0.4, 0.5) is 14.5 Å². The lowest BCUT2D eigenvalue weighted by Crippen LogP contribution is -2.35. The van der Waals surface area contributed by atoms with E-state index in [0.29, 0.717) is 25.6 Å². The van der Waals surface area contributed by atoms with E-state index < -0.39 is 27.6 Å². The lowest BCUT2D eigenvalue weighted by atomic mass is 10.0. The van der Waals surface area contributed by atoms with Crippen LogP contribution in [0.1, 0.15) is 21.5 Å². The van der Waals surface area contributed by atoms with Crippen molar-refractivity contribution >= 4 is 21.6 Å². The van der Waals surface area contributed by atoms with Crippen LogP contribution in [0.3, 0.4) is 0 Å². The maximum absolute atomic E-state index is 13.7. The van der Waals surface area contributed by atoms with Gasteiger partial charge in [-0.15, -0.1) is 0 Å². The lowest BCUT2D eigenvalue weighted by Gasteiger charge is -2.28. The minimum Gasteiger partial charge on any atom is -0.319 e. The van der Waals surface area contributed by atoms with Gasteiger partial charge in [-0.25, -0.2) is 17.2 Å². The normalized spacial score (nSPS) is 14.2. The third-order valence-electron chi connectivity index (χ3n) is 5.03. The molecule has 0 unspecified atom stereocenters. The molecule has 0 aliphatic carbocycles. The van der Waals surface area contributed by atoms with Gasteiger partial charge in [-0.1, -0.05) is 24.3 Å². The number of anilines is 1. The minimum absolute atomic E-state index is 0.0754. The van der Waals surface area contributed by atoms with Crippen molar-refractivity contribution in [2.75, 3.05) is 11.9 Å². The standard InChI is InChI=1S/C22H18F2N2O3S/c23-18-7-10-21(20(24)13-18)25-22(27)16-5-8-19(9-6-16)30(28,29)26-12-11-15-3-1-2-4-17(15)14-26/h1-10,13H,11-12,14H2,(H,25,27). The molecule has 30 heavy (non-hydrogen) atoms. The first-order valence-electron chi connectivity index (χ1n) is 9.28. The van der Waals surface area contributed by atoms with Crippen molar-refractivity contribution in [3.63, 3.8) is 0 Å². The average Bonchev–Trinajstić information content (AvgIpc) is 2.75. The third kappa shape index (κ3) is 3.96. The number of halogens is 2. The molecule has 0 saturated heterocycles. The van der Waals surface area contributed by atoms with Crippen molar-refractivity contribution in [2.45, 2.75) is 17.9 Å². The minimum atomic E-state index is -3.72. The van der Waals surface area contributed by atoms with E-state index in [1.807, 2.05) is 24.3 Å². The molecule has 1 N–H and O–H groups in total. The number of carbonyl (C=O) groups excluding carboxylic acids is 1. The van der Waals surface area contributed by atoms with Crippen LogP contribution in [-0.2, 0) is 23.0 Å². The second-order valence-corrected chi connectivity index (χ2v) is 8.90. The van der Waals surface area contributed by atoms with Crippen LogP contribution in [0.25, 0.3) is 0 Å². The summed E-state index contributed by atoms with van der Waals surface area (Å²) in [6.45, 7) is 0.677. The molecule has 5 nitrogen and oxygen atoms in total. The predicted molar refractivity (Wildman–Crippen MR) is 108 cm³/mol. The van der Waals surface area contributed by atoms with Gasteiger partial charge in [0.2, 0.25) is 10.0 Å². The summed E-state index contributed by atoms with van der Waals surface area (Å²) in [6.07, 6.45) is 0.638. The molecule has 3 aromatic rings. The van der Waals surface area contributed by atoms with Gasteiger partial charge in [-0.05, 0) is 53.9 Å². The van der Waals surface area contributed by atoms with Gasteiger partial charge in [0.15, 0.2) is 0 Å². The van der Waals surface area contributed by atoms with Crippen LogP contribution in [0, 0.1) is 11.6 Å². The summed E-state index contributed by atoms with van der Waals surface area (Å²) in [6, 6.07) is 16.0. The maximum atomic E-state index is 13.7. The Labute approximate surface area is 173 Å². The Kier molecular flexibility index (Phi) is 5.36. The molecule has 0 radical (unpaired) electrons. The SMILES string of the molecule is O=C(Nc1ccc(F)cc1F)c1ccc(S(=O)(=O)N2CCc3ccccc3C2)cc1. The second-order valence-electron chi connectivity index (χ2n) is 6.96. The summed E-state index contributed by atoms with van der Waals surface area (Å²) in [4.78, 5) is 12.4. The molecule has 1 heterocycles. The van der Waals surface area contributed by atoms with Gasteiger partial charge in [-0.2, -0.15) is 4.31 Å². The van der Waals surface area contributed by atoms with Crippen LogP contribution in [-0.4, -0.2) is 25.2 Å². The van der Waals surface area contributed by atoms with Gasteiger partial charge in [0.05, 0.1) is 10.6 Å². The Hall–Kier alpha value is -3.10. The zero-order valence-corrected chi connectivity index (χ0v) is 16.6. The molecule has 154 valence electrons. The van der Waals surface area contributed by atoms with E-state index in [2.05, 4.69) is 5.32 Å². The number of carbonyl (C=O) groups is 1. The highest BCUT2D eigenvalue weighted by Gasteiger charge is 2.28. The number of sulfonamides is 1. The Bertz CT molecular complexity index is 1210. The number of rotatable bonds is 4. The molecule has 0 saturated carbocycles. The summed E-state index contributed by atoms with van der Waals surface area (Å²) in [5.74, 6) is -2.27. The molecule has 4 rings (SSSR count). The van der Waals surface area contributed by atoms with E-state index in [9.17, 15) is 22.0 Å². The molecular weight excluding hydrogens is 410 g/mol. The highest BCUT2D eigenvalue weighted by Crippen LogP contribution is 2.25. The fraction of sp³-hybridized carbons (Fsp3) is 0.136. The first-order valence-corrected chi connectivity index (χ1v) is 10.7. The monoisotopic (exact) mass is 428 g/mol. The zero-order chi connectivity index (χ0) is 21.3. The smallest absolute Gasteiger partial charge is 0.255 e. The van der Waals surface area contributed by atoms with Crippen LogP contribution < -0.4 is 5.32 Å². The van der Waals surface area contributed by atoms with Crippen molar-refractivity contribution in [1.29, 1.82) is 0 Å². The predicted octanol–water partition coefficient (Wildman–Crippen LogP) is 3.96. The first-order chi connectivity index (χ1) is 14.3. The number of hydrogen-bond donors (Lipinski definition) is 1. The Morgan fingerprint density at radius 3 is 2.33 bits per heavy atom. The van der Waals surface area contributed by atoms with E-state index in [1.54, 1.807) is 0 Å². The van der Waals surface area contributed by atoms with Gasteiger partial charge in [0, 0.05) is 24.7 Å². The molecular formula is C22H18F2N2O3S. The van der Waals surface area contributed by atoms with E-state index in [0.717, 1.165) is 23.3 Å². The summed E-state index contributed by atoms with van der Waals surface area (Å²) in [7, 11) is -3.72. The van der Waals surface area contributed by atoms with Crippen molar-refractivity contribution in [1.82, 2.24) is 4.31 Å². The highest BCUT2D eigenvalue weighted by atomic mass is 32.2. The second kappa shape index (κ2) is 7.97. The summed E-state index contributed by atoms with van der Waals surface area (Å²) in [5.41, 5.74) is 2.11. The van der Waals surface area contributed by atoms with Crippen molar-refractivity contribution in [3.05, 3.63) is 95.1 Å². The topological polar surface area (TPSA) is 66.5 Å². The molecule has 1 amide bonds. The molecule has 1 aliphatic heterocycles. The fourth-order valence-corrected chi connectivity index (χ4v) is 4.81. The number of nitrogens with one attached hydrogen (secondary N) is 1. The van der Waals surface area contributed by atoms with E-state index in [-0.39, 0.29) is 16.1 Å². The van der Waals surface area contributed by atoms with E-state index in [1.165, 1.54) is 28.6 Å². The zero-order valence-electron chi connectivity index (χ0n) is 15.8.